The number of hydrogen-bond acceptors (Lipinski definition) is 1. The second-order valence-electron chi connectivity index (χ2n) is 2.54. The van der Waals surface area contributed by atoms with Crippen LogP contribution in [0.25, 0.3) is 6.08 Å². The monoisotopic (exact) mass is 173 g/mol. The molecule has 0 fully saturated rings. The SMILES string of the molecule is C1=CCc2cccnc2C=C1.CC. The van der Waals surface area contributed by atoms with Crippen LogP contribution in [0.2, 0.25) is 0 Å². The van der Waals surface area contributed by atoms with Crippen LogP contribution >= 0.6 is 0 Å². The number of rotatable bonds is 0. The molecule has 13 heavy (non-hydrogen) atoms. The zero-order chi connectivity index (χ0) is 9.52. The third-order valence-corrected chi connectivity index (χ3v) is 1.77. The van der Waals surface area contributed by atoms with Crippen LogP contribution in [-0.4, -0.2) is 4.98 Å². The normalized spacial score (nSPS) is 12.5. The highest BCUT2D eigenvalue weighted by atomic mass is 14.7. The van der Waals surface area contributed by atoms with Crippen molar-refractivity contribution in [3.05, 3.63) is 47.8 Å². The van der Waals surface area contributed by atoms with Crippen LogP contribution < -0.4 is 0 Å². The first-order chi connectivity index (χ1) is 6.47. The predicted molar refractivity (Wildman–Crippen MR) is 57.5 cm³/mol. The molecular formula is C12H15N. The van der Waals surface area contributed by atoms with Gasteiger partial charge in [0.2, 0.25) is 0 Å². The molecule has 1 aromatic heterocycles. The van der Waals surface area contributed by atoms with Gasteiger partial charge < -0.3 is 0 Å². The van der Waals surface area contributed by atoms with E-state index in [9.17, 15) is 0 Å². The number of pyridine rings is 1. The minimum Gasteiger partial charge on any atom is -0.257 e. The molecule has 0 bridgehead atoms. The number of aromatic nitrogens is 1. The van der Waals surface area contributed by atoms with Gasteiger partial charge >= 0.3 is 0 Å². The van der Waals surface area contributed by atoms with Crippen LogP contribution in [-0.2, 0) is 6.42 Å². The van der Waals surface area contributed by atoms with E-state index >= 15 is 0 Å². The molecule has 0 aromatic carbocycles. The lowest BCUT2D eigenvalue weighted by molar-refractivity contribution is 1.17. The second-order valence-corrected chi connectivity index (χ2v) is 2.54. The summed E-state index contributed by atoms with van der Waals surface area (Å²) in [5.74, 6) is 0. The number of allylic oxidation sites excluding steroid dienone is 3. The standard InChI is InChI=1S/C10H9N.C2H6/c1-2-5-9-6-4-8-11-10(9)7-3-1;1-2/h1-4,6-8H,5H2;1-2H3. The molecule has 0 atom stereocenters. The van der Waals surface area contributed by atoms with Crippen molar-refractivity contribution in [1.82, 2.24) is 4.98 Å². The molecule has 68 valence electrons. The van der Waals surface area contributed by atoms with Gasteiger partial charge in [0.15, 0.2) is 0 Å². The molecule has 2 rings (SSSR count). The first kappa shape index (κ1) is 9.72. The van der Waals surface area contributed by atoms with Crippen LogP contribution in [0.1, 0.15) is 25.1 Å². The Bertz CT molecular complexity index is 311. The van der Waals surface area contributed by atoms with Crippen LogP contribution in [0, 0.1) is 0 Å². The van der Waals surface area contributed by atoms with Gasteiger partial charge in [0, 0.05) is 6.20 Å². The number of hydrogen-bond donors (Lipinski definition) is 0. The molecule has 0 saturated carbocycles. The van der Waals surface area contributed by atoms with E-state index in [0.717, 1.165) is 12.1 Å². The zero-order valence-corrected chi connectivity index (χ0v) is 8.20. The Morgan fingerprint density at radius 2 is 2.08 bits per heavy atom. The molecular weight excluding hydrogens is 158 g/mol. The number of fused-ring (bicyclic) bond motifs is 1. The quantitative estimate of drug-likeness (QED) is 0.587. The van der Waals surface area contributed by atoms with Crippen LogP contribution in [0.15, 0.2) is 36.6 Å². The molecule has 0 saturated heterocycles. The molecule has 0 N–H and O–H groups in total. The molecule has 1 aliphatic rings. The third-order valence-electron chi connectivity index (χ3n) is 1.77. The molecule has 0 spiro atoms. The van der Waals surface area contributed by atoms with E-state index in [-0.39, 0.29) is 0 Å². The van der Waals surface area contributed by atoms with Crippen molar-refractivity contribution in [2.45, 2.75) is 20.3 Å². The molecule has 0 radical (unpaired) electrons. The van der Waals surface area contributed by atoms with E-state index in [2.05, 4.69) is 23.2 Å². The summed E-state index contributed by atoms with van der Waals surface area (Å²) in [5, 5.41) is 0. The molecule has 1 aromatic rings. The lowest BCUT2D eigenvalue weighted by Crippen LogP contribution is -1.87. The largest absolute Gasteiger partial charge is 0.257 e. The van der Waals surface area contributed by atoms with Crippen LogP contribution in [0.3, 0.4) is 0 Å². The van der Waals surface area contributed by atoms with Gasteiger partial charge in [-0.15, -0.1) is 0 Å². The minimum absolute atomic E-state index is 0.996. The van der Waals surface area contributed by atoms with Gasteiger partial charge in [0.05, 0.1) is 5.69 Å². The van der Waals surface area contributed by atoms with E-state index in [1.807, 2.05) is 38.3 Å². The van der Waals surface area contributed by atoms with E-state index in [0.29, 0.717) is 0 Å². The summed E-state index contributed by atoms with van der Waals surface area (Å²) in [6, 6.07) is 4.09. The molecule has 1 aliphatic carbocycles. The maximum atomic E-state index is 4.25. The first-order valence-electron chi connectivity index (χ1n) is 4.74. The Morgan fingerprint density at radius 1 is 1.23 bits per heavy atom. The van der Waals surface area contributed by atoms with Gasteiger partial charge in [-0.2, -0.15) is 0 Å². The van der Waals surface area contributed by atoms with Gasteiger partial charge in [0.1, 0.15) is 0 Å². The van der Waals surface area contributed by atoms with E-state index < -0.39 is 0 Å². The van der Waals surface area contributed by atoms with Crippen LogP contribution in [0.4, 0.5) is 0 Å². The van der Waals surface area contributed by atoms with Gasteiger partial charge in [-0.25, -0.2) is 0 Å². The predicted octanol–water partition coefficient (Wildman–Crippen LogP) is 3.23. The maximum Gasteiger partial charge on any atom is 0.0664 e. The molecule has 0 amide bonds. The van der Waals surface area contributed by atoms with Gasteiger partial charge in [-0.3, -0.25) is 4.98 Å². The van der Waals surface area contributed by atoms with Crippen molar-refractivity contribution in [3.63, 3.8) is 0 Å². The summed E-state index contributed by atoms with van der Waals surface area (Å²) in [5.41, 5.74) is 2.40. The Kier molecular flexibility index (Phi) is 3.97. The topological polar surface area (TPSA) is 12.9 Å². The molecule has 1 nitrogen and oxygen atoms in total. The van der Waals surface area contributed by atoms with Gasteiger partial charge in [-0.1, -0.05) is 38.1 Å². The summed E-state index contributed by atoms with van der Waals surface area (Å²) in [6.07, 6.45) is 11.1. The molecule has 0 unspecified atom stereocenters. The molecule has 0 aliphatic heterocycles. The highest BCUT2D eigenvalue weighted by Gasteiger charge is 1.98. The average molecular weight is 173 g/mol. The minimum atomic E-state index is 0.996. The highest BCUT2D eigenvalue weighted by molar-refractivity contribution is 5.53. The van der Waals surface area contributed by atoms with Crippen molar-refractivity contribution >= 4 is 6.08 Å². The third kappa shape index (κ3) is 2.55. The zero-order valence-electron chi connectivity index (χ0n) is 8.20. The van der Waals surface area contributed by atoms with Crippen molar-refractivity contribution in [3.8, 4) is 0 Å². The second kappa shape index (κ2) is 5.31. The van der Waals surface area contributed by atoms with Gasteiger partial charge in [0.25, 0.3) is 0 Å². The Labute approximate surface area is 79.8 Å². The first-order valence-corrected chi connectivity index (χ1v) is 4.74. The maximum absolute atomic E-state index is 4.25. The summed E-state index contributed by atoms with van der Waals surface area (Å²) >= 11 is 0. The summed E-state index contributed by atoms with van der Waals surface area (Å²) in [4.78, 5) is 4.25. The Hall–Kier alpha value is -1.37. The fourth-order valence-corrected chi connectivity index (χ4v) is 1.19. The van der Waals surface area contributed by atoms with Crippen LogP contribution in [0.5, 0.6) is 0 Å². The number of nitrogens with zero attached hydrogens (tertiary/aromatic N) is 1. The van der Waals surface area contributed by atoms with Gasteiger partial charge in [-0.05, 0) is 24.1 Å². The highest BCUT2D eigenvalue weighted by Crippen LogP contribution is 2.11. The lowest BCUT2D eigenvalue weighted by Gasteiger charge is -1.98. The Balaban J connectivity index is 0.000000396. The molecule has 1 heterocycles. The van der Waals surface area contributed by atoms with Crippen molar-refractivity contribution in [2.24, 2.45) is 0 Å². The lowest BCUT2D eigenvalue weighted by atomic mass is 10.1. The van der Waals surface area contributed by atoms with Crippen molar-refractivity contribution in [2.75, 3.05) is 0 Å². The van der Waals surface area contributed by atoms with E-state index in [1.54, 1.807) is 0 Å². The Morgan fingerprint density at radius 3 is 2.92 bits per heavy atom. The van der Waals surface area contributed by atoms with Crippen molar-refractivity contribution < 1.29 is 0 Å². The fraction of sp³-hybridized carbons (Fsp3) is 0.250. The summed E-state index contributed by atoms with van der Waals surface area (Å²) in [6.45, 7) is 4.00. The summed E-state index contributed by atoms with van der Waals surface area (Å²) in [7, 11) is 0. The average Bonchev–Trinajstić information content (AvgIpc) is 2.45. The van der Waals surface area contributed by atoms with E-state index in [4.69, 9.17) is 0 Å². The summed E-state index contributed by atoms with van der Waals surface area (Å²) < 4.78 is 0. The van der Waals surface area contributed by atoms with Crippen molar-refractivity contribution in [1.29, 1.82) is 0 Å². The smallest absolute Gasteiger partial charge is 0.0664 e. The fourth-order valence-electron chi connectivity index (χ4n) is 1.19. The molecule has 1 heteroatoms. The van der Waals surface area contributed by atoms with E-state index in [1.165, 1.54) is 5.56 Å².